The van der Waals surface area contributed by atoms with Crippen LogP contribution in [0.2, 0.25) is 0 Å². The molecule has 0 unspecified atom stereocenters. The van der Waals surface area contributed by atoms with Crippen LogP contribution in [0.3, 0.4) is 0 Å². The Morgan fingerprint density at radius 2 is 2.20 bits per heavy atom. The smallest absolute Gasteiger partial charge is 0.239 e. The van der Waals surface area contributed by atoms with Gasteiger partial charge in [-0.2, -0.15) is 0 Å². The molecule has 0 aromatic rings. The van der Waals surface area contributed by atoms with E-state index in [1.807, 2.05) is 12.2 Å². The van der Waals surface area contributed by atoms with Crippen LogP contribution in [0.15, 0.2) is 56.7 Å². The minimum Gasteiger partial charge on any atom is -0.246 e. The minimum atomic E-state index is 0.584. The third-order valence-electron chi connectivity index (χ3n) is 2.17. The van der Waals surface area contributed by atoms with E-state index >= 15 is 0 Å². The molecule has 0 saturated carbocycles. The lowest BCUT2D eigenvalue weighted by atomic mass is 10.2. The number of hydrogen-bond acceptors (Lipinski definition) is 5. The zero-order chi connectivity index (χ0) is 10.3. The van der Waals surface area contributed by atoms with E-state index in [4.69, 9.17) is 0 Å². The van der Waals surface area contributed by atoms with Crippen LogP contribution in [0.25, 0.3) is 0 Å². The van der Waals surface area contributed by atoms with Crippen LogP contribution < -0.4 is 0 Å². The Morgan fingerprint density at radius 1 is 1.27 bits per heavy atom. The first kappa shape index (κ1) is 8.05. The lowest BCUT2D eigenvalue weighted by Gasteiger charge is -2.29. The first-order valence-corrected chi connectivity index (χ1v) is 4.46. The molecule has 5 nitrogen and oxygen atoms in total. The first-order valence-electron chi connectivity index (χ1n) is 4.46. The van der Waals surface area contributed by atoms with Crippen molar-refractivity contribution in [1.82, 2.24) is 4.90 Å². The van der Waals surface area contributed by atoms with Gasteiger partial charge >= 0.3 is 0 Å². The monoisotopic (exact) mass is 197 g/mol. The topological polar surface area (TPSA) is 52.7 Å². The van der Waals surface area contributed by atoms with Gasteiger partial charge in [0.1, 0.15) is 6.34 Å². The first-order chi connectivity index (χ1) is 7.38. The molecular weight excluding hydrogens is 190 g/mol. The molecule has 3 aliphatic heterocycles. The quantitative estimate of drug-likeness (QED) is 0.620. The van der Waals surface area contributed by atoms with E-state index in [2.05, 4.69) is 26.5 Å². The highest BCUT2D eigenvalue weighted by Crippen LogP contribution is 2.20. The van der Waals surface area contributed by atoms with Crippen molar-refractivity contribution < 1.29 is 0 Å². The number of rotatable bonds is 1. The number of aliphatic imine (C=N–C) groups is 4. The summed E-state index contributed by atoms with van der Waals surface area (Å²) in [5.41, 5.74) is 1.75. The third-order valence-corrected chi connectivity index (χ3v) is 2.17. The Morgan fingerprint density at radius 3 is 3.07 bits per heavy atom. The summed E-state index contributed by atoms with van der Waals surface area (Å²) in [6.07, 6.45) is 8.66. The number of allylic oxidation sites excluding steroid dienone is 3. The normalized spacial score (nSPS) is 21.2. The largest absolute Gasteiger partial charge is 0.246 e. The summed E-state index contributed by atoms with van der Waals surface area (Å²) in [6, 6.07) is 0. The van der Waals surface area contributed by atoms with E-state index < -0.39 is 0 Å². The van der Waals surface area contributed by atoms with E-state index in [9.17, 15) is 0 Å². The lowest BCUT2D eigenvalue weighted by molar-refractivity contribution is 0.736. The lowest BCUT2D eigenvalue weighted by Crippen LogP contribution is -2.39. The van der Waals surface area contributed by atoms with Crippen molar-refractivity contribution in [1.29, 1.82) is 0 Å². The van der Waals surface area contributed by atoms with E-state index in [0.717, 1.165) is 11.4 Å². The molecule has 0 atom stereocenters. The highest BCUT2D eigenvalue weighted by molar-refractivity contribution is 6.19. The van der Waals surface area contributed by atoms with Gasteiger partial charge in [-0.25, -0.2) is 24.9 Å². The van der Waals surface area contributed by atoms with Crippen molar-refractivity contribution >= 4 is 24.0 Å². The molecule has 0 radical (unpaired) electrons. The van der Waals surface area contributed by atoms with E-state index in [0.29, 0.717) is 11.9 Å². The molecule has 0 bridgehead atoms. The SMILES string of the molecule is C=CC1=NC2=NC=NC3=NC=CC(=C1)N32. The van der Waals surface area contributed by atoms with Crippen LogP contribution in [-0.2, 0) is 0 Å². The molecule has 3 rings (SSSR count). The predicted octanol–water partition coefficient (Wildman–Crippen LogP) is 1.09. The zero-order valence-corrected chi connectivity index (χ0v) is 7.83. The van der Waals surface area contributed by atoms with Gasteiger partial charge in [-0.15, -0.1) is 0 Å². The summed E-state index contributed by atoms with van der Waals surface area (Å²) in [5, 5.41) is 0. The molecule has 72 valence electrons. The summed E-state index contributed by atoms with van der Waals surface area (Å²) in [5.74, 6) is 1.18. The van der Waals surface area contributed by atoms with Gasteiger partial charge in [0.05, 0.1) is 11.4 Å². The van der Waals surface area contributed by atoms with Crippen LogP contribution in [-0.4, -0.2) is 28.9 Å². The minimum absolute atomic E-state index is 0.584. The van der Waals surface area contributed by atoms with Gasteiger partial charge in [-0.1, -0.05) is 6.58 Å². The van der Waals surface area contributed by atoms with Crippen LogP contribution in [0.5, 0.6) is 0 Å². The molecule has 3 heterocycles. The zero-order valence-electron chi connectivity index (χ0n) is 7.83. The fourth-order valence-corrected chi connectivity index (χ4v) is 1.51. The van der Waals surface area contributed by atoms with Crippen molar-refractivity contribution in [2.24, 2.45) is 20.0 Å². The maximum atomic E-state index is 4.30. The predicted molar refractivity (Wildman–Crippen MR) is 60.1 cm³/mol. The maximum Gasteiger partial charge on any atom is 0.239 e. The van der Waals surface area contributed by atoms with E-state index in [-0.39, 0.29) is 0 Å². The Hall–Kier alpha value is -2.30. The Bertz CT molecular complexity index is 514. The van der Waals surface area contributed by atoms with Crippen LogP contribution >= 0.6 is 0 Å². The number of guanidine groups is 2. The molecule has 3 aliphatic rings. The standard InChI is InChI=1S/C10H7N5/c1-2-7-5-8-3-4-11-9-12-6-13-10(14-7)15(8)9/h2-6H,1H2. The summed E-state index contributed by atoms with van der Waals surface area (Å²) in [7, 11) is 0. The second-order valence-corrected chi connectivity index (χ2v) is 3.06. The molecule has 0 amide bonds. The Labute approximate surface area is 86.3 Å². The molecule has 5 heteroatoms. The molecule has 0 saturated heterocycles. The second-order valence-electron chi connectivity index (χ2n) is 3.06. The molecule has 0 N–H and O–H groups in total. The summed E-state index contributed by atoms with van der Waals surface area (Å²) in [4.78, 5) is 18.4. The molecule has 15 heavy (non-hydrogen) atoms. The van der Waals surface area contributed by atoms with Crippen molar-refractivity contribution in [3.63, 3.8) is 0 Å². The van der Waals surface area contributed by atoms with Gasteiger partial charge in [0.25, 0.3) is 0 Å². The number of hydrogen-bond donors (Lipinski definition) is 0. The van der Waals surface area contributed by atoms with E-state index in [1.165, 1.54) is 6.34 Å². The fourth-order valence-electron chi connectivity index (χ4n) is 1.51. The van der Waals surface area contributed by atoms with Crippen LogP contribution in [0.4, 0.5) is 0 Å². The van der Waals surface area contributed by atoms with Gasteiger partial charge < -0.3 is 0 Å². The van der Waals surface area contributed by atoms with Crippen molar-refractivity contribution in [3.05, 3.63) is 36.7 Å². The van der Waals surface area contributed by atoms with Gasteiger partial charge in [0, 0.05) is 6.20 Å². The Balaban J connectivity index is 2.20. The van der Waals surface area contributed by atoms with Crippen LogP contribution in [0.1, 0.15) is 0 Å². The summed E-state index contributed by atoms with van der Waals surface area (Å²) in [6.45, 7) is 3.69. The Kier molecular flexibility index (Phi) is 1.53. The maximum absolute atomic E-state index is 4.30. The molecular formula is C10H7N5. The van der Waals surface area contributed by atoms with E-state index in [1.54, 1.807) is 17.2 Å². The van der Waals surface area contributed by atoms with Crippen molar-refractivity contribution in [2.45, 2.75) is 0 Å². The van der Waals surface area contributed by atoms with Gasteiger partial charge in [-0.05, 0) is 18.2 Å². The van der Waals surface area contributed by atoms with Gasteiger partial charge in [-0.3, -0.25) is 0 Å². The molecule has 0 aromatic heterocycles. The van der Waals surface area contributed by atoms with Gasteiger partial charge in [0.15, 0.2) is 0 Å². The average molecular weight is 197 g/mol. The second kappa shape index (κ2) is 2.84. The summed E-state index contributed by atoms with van der Waals surface area (Å²) >= 11 is 0. The highest BCUT2D eigenvalue weighted by atomic mass is 15.4. The van der Waals surface area contributed by atoms with Crippen molar-refractivity contribution in [3.8, 4) is 0 Å². The fraction of sp³-hybridized carbons (Fsp3) is 0. The molecule has 0 spiro atoms. The molecule has 0 aliphatic carbocycles. The number of nitrogens with zero attached hydrogens (tertiary/aromatic N) is 5. The third kappa shape index (κ3) is 1.10. The van der Waals surface area contributed by atoms with Gasteiger partial charge in [0.2, 0.25) is 11.9 Å². The molecule has 0 aromatic carbocycles. The van der Waals surface area contributed by atoms with Crippen LogP contribution in [0, 0.1) is 0 Å². The highest BCUT2D eigenvalue weighted by Gasteiger charge is 2.27. The summed E-state index contributed by atoms with van der Waals surface area (Å²) < 4.78 is 0. The molecule has 0 fully saturated rings. The van der Waals surface area contributed by atoms with Crippen molar-refractivity contribution in [2.75, 3.05) is 0 Å². The average Bonchev–Trinajstić information content (AvgIpc) is 2.29.